The zero-order valence-electron chi connectivity index (χ0n) is 19.2. The van der Waals surface area contributed by atoms with Crippen LogP contribution in [0.5, 0.6) is 0 Å². The summed E-state index contributed by atoms with van der Waals surface area (Å²) in [6.07, 6.45) is 1.68. The quantitative estimate of drug-likeness (QED) is 0.312. The molecule has 4 N–H and O–H groups in total. The van der Waals surface area contributed by atoms with Crippen molar-refractivity contribution in [2.75, 3.05) is 5.32 Å². The fourth-order valence-corrected chi connectivity index (χ4v) is 3.50. The van der Waals surface area contributed by atoms with Gasteiger partial charge in [-0.3, -0.25) is 4.79 Å². The molecule has 0 aliphatic carbocycles. The van der Waals surface area contributed by atoms with Gasteiger partial charge in [-0.15, -0.1) is 0 Å². The van der Waals surface area contributed by atoms with Crippen LogP contribution in [0.25, 0.3) is 17.3 Å². The fourth-order valence-electron chi connectivity index (χ4n) is 3.39. The maximum Gasteiger partial charge on any atom is 0.305 e. The number of anilines is 2. The SMILES string of the molecule is CC(C)c1nc(Nc2ccc(Cl)cn2)nc(-c2ccc(F)cc2)c1C=C[C@@H](O)C[C@@H](O)CC(=O)O. The molecule has 2 aromatic heterocycles. The van der Waals surface area contributed by atoms with Gasteiger partial charge in [-0.1, -0.05) is 37.6 Å². The standard InChI is InChI=1S/C25H26ClFN4O4/c1-14(2)23-20(9-8-18(32)11-19(33)12-22(34)35)24(15-3-6-17(27)7-4-15)31-25(30-23)29-21-10-5-16(26)13-28-21/h3-10,13-14,18-19,32-33H,11-12H2,1-2H3,(H,34,35)(H,28,29,30,31)/t18-,19-/m1/s1. The molecule has 0 bridgehead atoms. The van der Waals surface area contributed by atoms with Crippen molar-refractivity contribution in [1.29, 1.82) is 0 Å². The summed E-state index contributed by atoms with van der Waals surface area (Å²) < 4.78 is 13.6. The number of halogens is 2. The van der Waals surface area contributed by atoms with Crippen LogP contribution in [0.3, 0.4) is 0 Å². The number of pyridine rings is 1. The number of hydrogen-bond acceptors (Lipinski definition) is 7. The fraction of sp³-hybridized carbons (Fsp3) is 0.280. The lowest BCUT2D eigenvalue weighted by atomic mass is 9.97. The number of carbonyl (C=O) groups is 1. The molecular formula is C25H26ClFN4O4. The number of carboxylic acid groups (broad SMARTS) is 1. The van der Waals surface area contributed by atoms with Gasteiger partial charge in [0.2, 0.25) is 5.95 Å². The molecule has 0 fully saturated rings. The molecule has 0 saturated carbocycles. The molecule has 35 heavy (non-hydrogen) atoms. The molecule has 0 radical (unpaired) electrons. The van der Waals surface area contributed by atoms with Crippen molar-refractivity contribution >= 4 is 35.4 Å². The van der Waals surface area contributed by atoms with Crippen LogP contribution in [0.2, 0.25) is 5.02 Å². The minimum atomic E-state index is -1.19. The second-order valence-electron chi connectivity index (χ2n) is 8.26. The molecule has 0 aliphatic rings. The molecule has 1 aromatic carbocycles. The molecule has 10 heteroatoms. The van der Waals surface area contributed by atoms with Gasteiger partial charge in [0.25, 0.3) is 0 Å². The van der Waals surface area contributed by atoms with E-state index in [1.807, 2.05) is 13.8 Å². The maximum atomic E-state index is 13.6. The number of rotatable bonds is 10. The molecule has 0 aliphatic heterocycles. The number of aliphatic carboxylic acids is 1. The Kier molecular flexibility index (Phi) is 8.86. The second kappa shape index (κ2) is 11.8. The number of carboxylic acids is 1. The highest BCUT2D eigenvalue weighted by molar-refractivity contribution is 6.30. The van der Waals surface area contributed by atoms with E-state index in [1.54, 1.807) is 30.3 Å². The largest absolute Gasteiger partial charge is 0.481 e. The van der Waals surface area contributed by atoms with E-state index in [0.717, 1.165) is 0 Å². The van der Waals surface area contributed by atoms with Crippen molar-refractivity contribution in [2.45, 2.75) is 44.8 Å². The van der Waals surface area contributed by atoms with Gasteiger partial charge in [-0.2, -0.15) is 0 Å². The lowest BCUT2D eigenvalue weighted by Gasteiger charge is -2.17. The Bertz CT molecular complexity index is 1190. The first kappa shape index (κ1) is 26.2. The molecule has 2 atom stereocenters. The van der Waals surface area contributed by atoms with Gasteiger partial charge in [0.15, 0.2) is 0 Å². The second-order valence-corrected chi connectivity index (χ2v) is 8.69. The van der Waals surface area contributed by atoms with Crippen molar-refractivity contribution in [2.24, 2.45) is 0 Å². The predicted molar refractivity (Wildman–Crippen MR) is 132 cm³/mol. The molecule has 0 unspecified atom stereocenters. The zero-order chi connectivity index (χ0) is 25.5. The third kappa shape index (κ3) is 7.54. The van der Waals surface area contributed by atoms with Gasteiger partial charge in [0.1, 0.15) is 11.6 Å². The maximum absolute atomic E-state index is 13.6. The summed E-state index contributed by atoms with van der Waals surface area (Å²) >= 11 is 5.91. The van der Waals surface area contributed by atoms with Crippen molar-refractivity contribution in [1.82, 2.24) is 15.0 Å². The Balaban J connectivity index is 2.03. The zero-order valence-corrected chi connectivity index (χ0v) is 19.9. The summed E-state index contributed by atoms with van der Waals surface area (Å²) in [6.45, 7) is 3.90. The summed E-state index contributed by atoms with van der Waals surface area (Å²) in [5.74, 6) is -0.834. The average molecular weight is 501 g/mol. The van der Waals surface area contributed by atoms with Gasteiger partial charge in [0, 0.05) is 23.7 Å². The van der Waals surface area contributed by atoms with E-state index in [2.05, 4.69) is 20.3 Å². The highest BCUT2D eigenvalue weighted by atomic mass is 35.5. The number of nitrogens with one attached hydrogen (secondary N) is 1. The van der Waals surface area contributed by atoms with Crippen molar-refractivity contribution in [3.8, 4) is 11.3 Å². The van der Waals surface area contributed by atoms with E-state index in [-0.39, 0.29) is 18.3 Å². The molecule has 0 saturated heterocycles. The number of benzene rings is 1. The Hall–Kier alpha value is -3.40. The molecule has 3 rings (SSSR count). The summed E-state index contributed by atoms with van der Waals surface area (Å²) in [5, 5.41) is 32.5. The minimum Gasteiger partial charge on any atom is -0.481 e. The lowest BCUT2D eigenvalue weighted by Crippen LogP contribution is -2.19. The average Bonchev–Trinajstić information content (AvgIpc) is 2.79. The molecular weight excluding hydrogens is 475 g/mol. The molecule has 0 spiro atoms. The third-order valence-electron chi connectivity index (χ3n) is 5.02. The van der Waals surface area contributed by atoms with Gasteiger partial charge >= 0.3 is 5.97 Å². The number of aliphatic hydroxyl groups is 2. The van der Waals surface area contributed by atoms with E-state index in [9.17, 15) is 19.4 Å². The monoisotopic (exact) mass is 500 g/mol. The van der Waals surface area contributed by atoms with Gasteiger partial charge in [-0.25, -0.2) is 19.3 Å². The van der Waals surface area contributed by atoms with Gasteiger partial charge in [-0.05, 0) is 42.3 Å². The predicted octanol–water partition coefficient (Wildman–Crippen LogP) is 4.80. The van der Waals surface area contributed by atoms with Crippen LogP contribution in [-0.4, -0.2) is 48.4 Å². The number of aliphatic hydroxyl groups excluding tert-OH is 2. The molecule has 8 nitrogen and oxygen atoms in total. The Morgan fingerprint density at radius 3 is 2.46 bits per heavy atom. The Morgan fingerprint density at radius 2 is 1.86 bits per heavy atom. The normalized spacial score (nSPS) is 13.2. The summed E-state index contributed by atoms with van der Waals surface area (Å²) in [6, 6.07) is 9.20. The summed E-state index contributed by atoms with van der Waals surface area (Å²) in [7, 11) is 0. The molecule has 184 valence electrons. The topological polar surface area (TPSA) is 128 Å². The van der Waals surface area contributed by atoms with E-state index in [0.29, 0.717) is 33.4 Å². The van der Waals surface area contributed by atoms with Crippen molar-refractivity contribution in [3.05, 3.63) is 70.8 Å². The third-order valence-corrected chi connectivity index (χ3v) is 5.24. The van der Waals surface area contributed by atoms with Crippen LogP contribution in [-0.2, 0) is 4.79 Å². The highest BCUT2D eigenvalue weighted by Crippen LogP contribution is 2.31. The van der Waals surface area contributed by atoms with E-state index in [4.69, 9.17) is 16.7 Å². The minimum absolute atomic E-state index is 0.0506. The number of aromatic nitrogens is 3. The van der Waals surface area contributed by atoms with Crippen LogP contribution in [0, 0.1) is 5.82 Å². The van der Waals surface area contributed by atoms with E-state index in [1.165, 1.54) is 24.4 Å². The smallest absolute Gasteiger partial charge is 0.305 e. The van der Waals surface area contributed by atoms with Gasteiger partial charge < -0.3 is 20.6 Å². The van der Waals surface area contributed by atoms with Crippen LogP contribution in [0.15, 0.2) is 48.7 Å². The summed E-state index contributed by atoms with van der Waals surface area (Å²) in [5.41, 5.74) is 2.39. The van der Waals surface area contributed by atoms with Crippen LogP contribution in [0.1, 0.15) is 43.9 Å². The molecule has 0 amide bonds. The molecule has 3 aromatic rings. The van der Waals surface area contributed by atoms with Crippen molar-refractivity contribution in [3.63, 3.8) is 0 Å². The van der Waals surface area contributed by atoms with E-state index < -0.39 is 30.4 Å². The Labute approximate surface area is 207 Å². The van der Waals surface area contributed by atoms with Gasteiger partial charge in [0.05, 0.1) is 35.0 Å². The number of hydrogen-bond donors (Lipinski definition) is 4. The first-order valence-electron chi connectivity index (χ1n) is 10.9. The van der Waals surface area contributed by atoms with Crippen LogP contribution < -0.4 is 5.32 Å². The van der Waals surface area contributed by atoms with E-state index >= 15 is 0 Å². The highest BCUT2D eigenvalue weighted by Gasteiger charge is 2.19. The van der Waals surface area contributed by atoms with Crippen LogP contribution >= 0.6 is 11.6 Å². The van der Waals surface area contributed by atoms with Crippen LogP contribution in [0.4, 0.5) is 16.2 Å². The first-order chi connectivity index (χ1) is 16.6. The number of nitrogens with zero attached hydrogens (tertiary/aromatic N) is 3. The van der Waals surface area contributed by atoms with Crippen molar-refractivity contribution < 1.29 is 24.5 Å². The first-order valence-corrected chi connectivity index (χ1v) is 11.3. The Morgan fingerprint density at radius 1 is 1.14 bits per heavy atom. The summed E-state index contributed by atoms with van der Waals surface area (Å²) in [4.78, 5) is 24.3. The lowest BCUT2D eigenvalue weighted by molar-refractivity contribution is -0.139. The molecule has 2 heterocycles.